The van der Waals surface area contributed by atoms with E-state index in [-0.39, 0.29) is 12.2 Å². The fourth-order valence-corrected chi connectivity index (χ4v) is 4.58. The summed E-state index contributed by atoms with van der Waals surface area (Å²) < 4.78 is 12.2. The van der Waals surface area contributed by atoms with Gasteiger partial charge < -0.3 is 14.6 Å². The van der Waals surface area contributed by atoms with Crippen molar-refractivity contribution in [3.63, 3.8) is 0 Å². The lowest BCUT2D eigenvalue weighted by Crippen LogP contribution is -2.29. The lowest BCUT2D eigenvalue weighted by Gasteiger charge is -2.28. The SMILES string of the molecule is COc1cccc(-c2cc(=O)n(CC3CCC(COCC(=O)O)CC3)nc2-c2ccccc2)c1. The molecule has 1 aliphatic rings. The van der Waals surface area contributed by atoms with Gasteiger partial charge in [0, 0.05) is 23.7 Å². The minimum atomic E-state index is -0.939. The number of aliphatic carboxylic acids is 1. The van der Waals surface area contributed by atoms with Crippen molar-refractivity contribution < 1.29 is 19.4 Å². The molecule has 0 atom stereocenters. The fraction of sp³-hybridized carbons (Fsp3) is 0.370. The third-order valence-corrected chi connectivity index (χ3v) is 6.40. The standard InChI is InChI=1S/C27H30N2O5/c1-33-23-9-5-8-22(14-23)24-15-25(30)29(28-27(24)21-6-3-2-4-7-21)16-19-10-12-20(13-11-19)17-34-18-26(31)32/h2-9,14-15,19-20H,10-13,16-18H2,1H3,(H,31,32). The van der Waals surface area contributed by atoms with Crippen molar-refractivity contribution >= 4 is 5.97 Å². The zero-order valence-electron chi connectivity index (χ0n) is 19.4. The summed E-state index contributed by atoms with van der Waals surface area (Å²) in [5, 5.41) is 13.6. The van der Waals surface area contributed by atoms with E-state index in [4.69, 9.17) is 19.7 Å². The molecule has 1 N–H and O–H groups in total. The lowest BCUT2D eigenvalue weighted by atomic mass is 9.82. The van der Waals surface area contributed by atoms with Crippen molar-refractivity contribution in [2.24, 2.45) is 11.8 Å². The number of benzene rings is 2. The number of ether oxygens (including phenoxy) is 2. The molecule has 0 unspecified atom stereocenters. The van der Waals surface area contributed by atoms with E-state index >= 15 is 0 Å². The molecule has 0 spiro atoms. The highest BCUT2D eigenvalue weighted by Gasteiger charge is 2.23. The number of hydrogen-bond acceptors (Lipinski definition) is 5. The number of carboxylic acids is 1. The van der Waals surface area contributed by atoms with Crippen LogP contribution in [-0.2, 0) is 16.1 Å². The number of hydrogen-bond donors (Lipinski definition) is 1. The molecule has 1 fully saturated rings. The molecule has 178 valence electrons. The molecule has 3 aromatic rings. The monoisotopic (exact) mass is 462 g/mol. The van der Waals surface area contributed by atoms with Gasteiger partial charge in [-0.1, -0.05) is 42.5 Å². The lowest BCUT2D eigenvalue weighted by molar-refractivity contribution is -0.142. The number of aromatic nitrogens is 2. The van der Waals surface area contributed by atoms with Gasteiger partial charge in [-0.2, -0.15) is 5.10 Å². The predicted octanol–water partition coefficient (Wildman–Crippen LogP) is 4.49. The maximum absolute atomic E-state index is 13.1. The second-order valence-corrected chi connectivity index (χ2v) is 8.82. The topological polar surface area (TPSA) is 90.7 Å². The van der Waals surface area contributed by atoms with E-state index in [9.17, 15) is 9.59 Å². The van der Waals surface area contributed by atoms with Gasteiger partial charge >= 0.3 is 5.97 Å². The van der Waals surface area contributed by atoms with Crippen LogP contribution in [-0.4, -0.2) is 41.2 Å². The van der Waals surface area contributed by atoms with E-state index in [0.29, 0.717) is 25.0 Å². The molecular weight excluding hydrogens is 432 g/mol. The minimum absolute atomic E-state index is 0.121. The highest BCUT2D eigenvalue weighted by molar-refractivity contribution is 5.80. The molecule has 0 aliphatic heterocycles. The van der Waals surface area contributed by atoms with Crippen molar-refractivity contribution in [1.29, 1.82) is 0 Å². The predicted molar refractivity (Wildman–Crippen MR) is 130 cm³/mol. The van der Waals surface area contributed by atoms with Crippen LogP contribution < -0.4 is 10.3 Å². The Morgan fingerprint density at radius 2 is 1.71 bits per heavy atom. The maximum atomic E-state index is 13.1. The Balaban J connectivity index is 1.55. The van der Waals surface area contributed by atoms with E-state index in [2.05, 4.69) is 0 Å². The summed E-state index contributed by atoms with van der Waals surface area (Å²) in [5.41, 5.74) is 3.27. The van der Waals surface area contributed by atoms with Gasteiger partial charge in [0.2, 0.25) is 0 Å². The molecule has 0 saturated heterocycles. The zero-order valence-corrected chi connectivity index (χ0v) is 19.4. The highest BCUT2D eigenvalue weighted by atomic mass is 16.5. The maximum Gasteiger partial charge on any atom is 0.329 e. The van der Waals surface area contributed by atoms with Crippen LogP contribution in [0.2, 0.25) is 0 Å². The Morgan fingerprint density at radius 1 is 1.00 bits per heavy atom. The van der Waals surface area contributed by atoms with Crippen LogP contribution in [0.15, 0.2) is 65.5 Å². The average Bonchev–Trinajstić information content (AvgIpc) is 2.86. The van der Waals surface area contributed by atoms with Crippen LogP contribution in [0.3, 0.4) is 0 Å². The molecule has 1 aromatic heterocycles. The van der Waals surface area contributed by atoms with Crippen LogP contribution in [0, 0.1) is 11.8 Å². The van der Waals surface area contributed by atoms with Crippen LogP contribution in [0.4, 0.5) is 0 Å². The summed E-state index contributed by atoms with van der Waals surface area (Å²) >= 11 is 0. The quantitative estimate of drug-likeness (QED) is 0.504. The first kappa shape index (κ1) is 23.7. The molecule has 0 bridgehead atoms. The normalized spacial score (nSPS) is 17.9. The van der Waals surface area contributed by atoms with Crippen LogP contribution in [0.5, 0.6) is 5.75 Å². The van der Waals surface area contributed by atoms with E-state index in [1.807, 2.05) is 54.6 Å². The average molecular weight is 463 g/mol. The fourth-order valence-electron chi connectivity index (χ4n) is 4.58. The van der Waals surface area contributed by atoms with E-state index in [1.54, 1.807) is 17.9 Å². The largest absolute Gasteiger partial charge is 0.497 e. The molecule has 4 rings (SSSR count). The van der Waals surface area contributed by atoms with Gasteiger partial charge in [-0.25, -0.2) is 9.48 Å². The third kappa shape index (κ3) is 5.91. The number of carboxylic acid groups (broad SMARTS) is 1. The van der Waals surface area contributed by atoms with Crippen molar-refractivity contribution in [2.75, 3.05) is 20.3 Å². The highest BCUT2D eigenvalue weighted by Crippen LogP contribution is 2.32. The van der Waals surface area contributed by atoms with Gasteiger partial charge in [0.05, 0.1) is 19.4 Å². The summed E-state index contributed by atoms with van der Waals surface area (Å²) in [7, 11) is 1.63. The van der Waals surface area contributed by atoms with Gasteiger partial charge in [-0.05, 0) is 55.2 Å². The van der Waals surface area contributed by atoms with E-state index in [1.165, 1.54) is 0 Å². The smallest absolute Gasteiger partial charge is 0.329 e. The van der Waals surface area contributed by atoms with Crippen molar-refractivity contribution in [3.8, 4) is 28.1 Å². The summed E-state index contributed by atoms with van der Waals surface area (Å²) in [6.45, 7) is 0.797. The minimum Gasteiger partial charge on any atom is -0.497 e. The van der Waals surface area contributed by atoms with E-state index in [0.717, 1.165) is 53.8 Å². The molecular formula is C27H30N2O5. The molecule has 0 amide bonds. The second-order valence-electron chi connectivity index (χ2n) is 8.82. The van der Waals surface area contributed by atoms with Crippen molar-refractivity contribution in [3.05, 3.63) is 71.0 Å². The molecule has 1 aliphatic carbocycles. The van der Waals surface area contributed by atoms with Gasteiger partial charge in [-0.3, -0.25) is 4.79 Å². The Bertz CT molecular complexity index is 1170. The molecule has 2 aromatic carbocycles. The number of methoxy groups -OCH3 is 1. The Labute approximate surface area is 199 Å². The first-order valence-corrected chi connectivity index (χ1v) is 11.6. The van der Waals surface area contributed by atoms with Crippen molar-refractivity contribution in [2.45, 2.75) is 32.2 Å². The molecule has 7 nitrogen and oxygen atoms in total. The van der Waals surface area contributed by atoms with Gasteiger partial charge in [0.15, 0.2) is 0 Å². The molecule has 0 radical (unpaired) electrons. The number of nitrogens with zero attached hydrogens (tertiary/aromatic N) is 2. The Hall–Kier alpha value is -3.45. The first-order valence-electron chi connectivity index (χ1n) is 11.6. The summed E-state index contributed by atoms with van der Waals surface area (Å²) in [6, 6.07) is 19.2. The van der Waals surface area contributed by atoms with Crippen LogP contribution >= 0.6 is 0 Å². The van der Waals surface area contributed by atoms with Crippen LogP contribution in [0.1, 0.15) is 25.7 Å². The number of rotatable bonds is 9. The molecule has 7 heteroatoms. The first-order chi connectivity index (χ1) is 16.5. The summed E-state index contributed by atoms with van der Waals surface area (Å²) in [5.74, 6) is 0.512. The summed E-state index contributed by atoms with van der Waals surface area (Å²) in [4.78, 5) is 23.7. The Kier molecular flexibility index (Phi) is 7.75. The molecule has 1 saturated carbocycles. The van der Waals surface area contributed by atoms with E-state index < -0.39 is 5.97 Å². The van der Waals surface area contributed by atoms with Gasteiger partial charge in [-0.15, -0.1) is 0 Å². The van der Waals surface area contributed by atoms with Gasteiger partial charge in [0.1, 0.15) is 12.4 Å². The molecule has 1 heterocycles. The third-order valence-electron chi connectivity index (χ3n) is 6.40. The molecule has 34 heavy (non-hydrogen) atoms. The zero-order chi connectivity index (χ0) is 23.9. The van der Waals surface area contributed by atoms with Crippen molar-refractivity contribution in [1.82, 2.24) is 9.78 Å². The number of carbonyl (C=O) groups is 1. The second kappa shape index (κ2) is 11.1. The van der Waals surface area contributed by atoms with Crippen LogP contribution in [0.25, 0.3) is 22.4 Å². The van der Waals surface area contributed by atoms with Gasteiger partial charge in [0.25, 0.3) is 5.56 Å². The summed E-state index contributed by atoms with van der Waals surface area (Å²) in [6.07, 6.45) is 3.86. The Morgan fingerprint density at radius 3 is 2.41 bits per heavy atom.